The standard InChI is InChI=1S/C10H13BrN2O2/c1-6(14)5-13-10(15)8-4-7(12)2-3-9(8)11/h2-4,6,14H,5,12H2,1H3,(H,13,15). The van der Waals surface area contributed by atoms with E-state index in [0.717, 1.165) is 0 Å². The maximum absolute atomic E-state index is 11.6. The highest BCUT2D eigenvalue weighted by Crippen LogP contribution is 2.19. The molecule has 1 atom stereocenters. The summed E-state index contributed by atoms with van der Waals surface area (Å²) in [4.78, 5) is 11.6. The molecule has 15 heavy (non-hydrogen) atoms. The minimum absolute atomic E-state index is 0.222. The summed E-state index contributed by atoms with van der Waals surface area (Å²) in [5.41, 5.74) is 6.57. The average molecular weight is 273 g/mol. The van der Waals surface area contributed by atoms with Gasteiger partial charge in [-0.3, -0.25) is 4.79 Å². The predicted molar refractivity (Wildman–Crippen MR) is 62.6 cm³/mol. The Bertz CT molecular complexity index is 366. The number of nitrogens with one attached hydrogen (secondary N) is 1. The molecule has 0 saturated heterocycles. The lowest BCUT2D eigenvalue weighted by Gasteiger charge is -2.08. The van der Waals surface area contributed by atoms with Crippen LogP contribution in [0.2, 0.25) is 0 Å². The Balaban J connectivity index is 2.77. The molecule has 0 aromatic heterocycles. The molecule has 0 spiro atoms. The highest BCUT2D eigenvalue weighted by Gasteiger charge is 2.10. The lowest BCUT2D eigenvalue weighted by molar-refractivity contribution is 0.0923. The number of nitrogens with two attached hydrogens (primary N) is 1. The van der Waals surface area contributed by atoms with Gasteiger partial charge in [-0.1, -0.05) is 0 Å². The van der Waals surface area contributed by atoms with Crippen LogP contribution in [0.4, 0.5) is 5.69 Å². The van der Waals surface area contributed by atoms with Gasteiger partial charge in [0.25, 0.3) is 5.91 Å². The number of anilines is 1. The molecule has 1 aromatic carbocycles. The number of carbonyl (C=O) groups excluding carboxylic acids is 1. The highest BCUT2D eigenvalue weighted by molar-refractivity contribution is 9.10. The van der Waals surface area contributed by atoms with E-state index in [0.29, 0.717) is 15.7 Å². The smallest absolute Gasteiger partial charge is 0.252 e. The summed E-state index contributed by atoms with van der Waals surface area (Å²) in [6.07, 6.45) is -0.561. The van der Waals surface area contributed by atoms with Crippen molar-refractivity contribution in [2.45, 2.75) is 13.0 Å². The van der Waals surface area contributed by atoms with Crippen LogP contribution in [0.3, 0.4) is 0 Å². The molecule has 0 heterocycles. The molecule has 1 amide bonds. The molecule has 0 aliphatic heterocycles. The van der Waals surface area contributed by atoms with Crippen LogP contribution in [-0.2, 0) is 0 Å². The number of amides is 1. The van der Waals surface area contributed by atoms with Gasteiger partial charge in [0.05, 0.1) is 11.7 Å². The fraction of sp³-hybridized carbons (Fsp3) is 0.300. The van der Waals surface area contributed by atoms with Gasteiger partial charge in [-0.2, -0.15) is 0 Å². The topological polar surface area (TPSA) is 75.3 Å². The van der Waals surface area contributed by atoms with Crippen molar-refractivity contribution in [3.05, 3.63) is 28.2 Å². The van der Waals surface area contributed by atoms with E-state index in [-0.39, 0.29) is 12.5 Å². The van der Waals surface area contributed by atoms with Crippen LogP contribution >= 0.6 is 15.9 Å². The second kappa shape index (κ2) is 5.14. The fourth-order valence-corrected chi connectivity index (χ4v) is 1.48. The van der Waals surface area contributed by atoms with Crippen LogP contribution in [0.15, 0.2) is 22.7 Å². The van der Waals surface area contributed by atoms with E-state index in [1.54, 1.807) is 25.1 Å². The number of nitrogen functional groups attached to an aromatic ring is 1. The normalized spacial score (nSPS) is 12.2. The van der Waals surface area contributed by atoms with Crippen molar-refractivity contribution in [2.75, 3.05) is 12.3 Å². The second-order valence-electron chi connectivity index (χ2n) is 3.30. The molecule has 0 aliphatic carbocycles. The maximum atomic E-state index is 11.6. The number of rotatable bonds is 3. The average Bonchev–Trinajstić information content (AvgIpc) is 2.18. The van der Waals surface area contributed by atoms with Crippen molar-refractivity contribution in [2.24, 2.45) is 0 Å². The Labute approximate surface area is 96.6 Å². The third kappa shape index (κ3) is 3.53. The van der Waals surface area contributed by atoms with Crippen LogP contribution < -0.4 is 11.1 Å². The van der Waals surface area contributed by atoms with Gasteiger partial charge >= 0.3 is 0 Å². The van der Waals surface area contributed by atoms with Gasteiger partial charge in [0.2, 0.25) is 0 Å². The Morgan fingerprint density at radius 3 is 2.93 bits per heavy atom. The first-order valence-electron chi connectivity index (χ1n) is 4.52. The summed E-state index contributed by atoms with van der Waals surface area (Å²) < 4.78 is 0.680. The molecule has 5 heteroatoms. The Morgan fingerprint density at radius 1 is 1.67 bits per heavy atom. The first-order valence-corrected chi connectivity index (χ1v) is 5.31. The zero-order valence-electron chi connectivity index (χ0n) is 8.33. The first kappa shape index (κ1) is 12.0. The third-order valence-corrected chi connectivity index (χ3v) is 2.48. The highest BCUT2D eigenvalue weighted by atomic mass is 79.9. The zero-order chi connectivity index (χ0) is 11.4. The van der Waals surface area contributed by atoms with E-state index in [1.165, 1.54) is 0 Å². The largest absolute Gasteiger partial charge is 0.399 e. The fourth-order valence-electron chi connectivity index (χ4n) is 1.05. The minimum Gasteiger partial charge on any atom is -0.399 e. The number of aliphatic hydroxyl groups is 1. The van der Waals surface area contributed by atoms with Crippen LogP contribution in [0.25, 0.3) is 0 Å². The molecule has 0 radical (unpaired) electrons. The van der Waals surface area contributed by atoms with Gasteiger partial charge in [0, 0.05) is 16.7 Å². The number of hydrogen-bond acceptors (Lipinski definition) is 3. The monoisotopic (exact) mass is 272 g/mol. The van der Waals surface area contributed by atoms with Gasteiger partial charge in [0.15, 0.2) is 0 Å². The lowest BCUT2D eigenvalue weighted by Crippen LogP contribution is -2.30. The van der Waals surface area contributed by atoms with Crippen molar-refractivity contribution in [3.63, 3.8) is 0 Å². The number of carbonyl (C=O) groups is 1. The zero-order valence-corrected chi connectivity index (χ0v) is 9.91. The molecular weight excluding hydrogens is 260 g/mol. The van der Waals surface area contributed by atoms with E-state index in [2.05, 4.69) is 21.2 Å². The molecule has 0 aliphatic rings. The van der Waals surface area contributed by atoms with Crippen LogP contribution in [0.5, 0.6) is 0 Å². The maximum Gasteiger partial charge on any atom is 0.252 e. The first-order chi connectivity index (χ1) is 7.00. The molecule has 1 unspecified atom stereocenters. The van der Waals surface area contributed by atoms with Gasteiger partial charge in [0.1, 0.15) is 0 Å². The minimum atomic E-state index is -0.561. The van der Waals surface area contributed by atoms with E-state index in [4.69, 9.17) is 10.8 Å². The third-order valence-electron chi connectivity index (χ3n) is 1.79. The molecule has 1 aromatic rings. The summed E-state index contributed by atoms with van der Waals surface area (Å²) in [6, 6.07) is 5.00. The second-order valence-corrected chi connectivity index (χ2v) is 4.15. The van der Waals surface area contributed by atoms with Gasteiger partial charge in [-0.25, -0.2) is 0 Å². The van der Waals surface area contributed by atoms with Crippen LogP contribution in [-0.4, -0.2) is 23.7 Å². The molecule has 0 bridgehead atoms. The van der Waals surface area contributed by atoms with Crippen molar-refractivity contribution in [1.29, 1.82) is 0 Å². The number of benzene rings is 1. The summed E-state index contributed by atoms with van der Waals surface area (Å²) in [7, 11) is 0. The van der Waals surface area contributed by atoms with E-state index in [1.807, 2.05) is 0 Å². The van der Waals surface area contributed by atoms with Crippen molar-refractivity contribution < 1.29 is 9.90 Å². The van der Waals surface area contributed by atoms with Crippen molar-refractivity contribution in [3.8, 4) is 0 Å². The Morgan fingerprint density at radius 2 is 2.33 bits per heavy atom. The van der Waals surface area contributed by atoms with Gasteiger partial charge in [-0.15, -0.1) is 0 Å². The quantitative estimate of drug-likeness (QED) is 0.723. The number of hydrogen-bond donors (Lipinski definition) is 3. The molecule has 1 rings (SSSR count). The van der Waals surface area contributed by atoms with Crippen LogP contribution in [0, 0.1) is 0 Å². The van der Waals surface area contributed by atoms with E-state index in [9.17, 15) is 4.79 Å². The number of aliphatic hydroxyl groups excluding tert-OH is 1. The number of halogens is 1. The van der Waals surface area contributed by atoms with E-state index < -0.39 is 6.10 Å². The van der Waals surface area contributed by atoms with Crippen molar-refractivity contribution in [1.82, 2.24) is 5.32 Å². The van der Waals surface area contributed by atoms with Gasteiger partial charge < -0.3 is 16.2 Å². The molecule has 4 nitrogen and oxygen atoms in total. The Kier molecular flexibility index (Phi) is 4.11. The predicted octanol–water partition coefficient (Wildman–Crippen LogP) is 1.14. The summed E-state index contributed by atoms with van der Waals surface area (Å²) in [6.45, 7) is 1.83. The lowest BCUT2D eigenvalue weighted by atomic mass is 10.2. The van der Waals surface area contributed by atoms with Crippen LogP contribution in [0.1, 0.15) is 17.3 Å². The van der Waals surface area contributed by atoms with E-state index >= 15 is 0 Å². The molecule has 4 N–H and O–H groups in total. The summed E-state index contributed by atoms with van der Waals surface area (Å²) >= 11 is 3.26. The molecule has 0 fully saturated rings. The summed E-state index contributed by atoms with van der Waals surface area (Å²) in [5.74, 6) is -0.255. The van der Waals surface area contributed by atoms with Crippen molar-refractivity contribution >= 4 is 27.5 Å². The van der Waals surface area contributed by atoms with Gasteiger partial charge in [-0.05, 0) is 41.1 Å². The Hall–Kier alpha value is -1.07. The summed E-state index contributed by atoms with van der Waals surface area (Å²) in [5, 5.41) is 11.6. The SMILES string of the molecule is CC(O)CNC(=O)c1cc(N)ccc1Br. The molecular formula is C10H13BrN2O2. The molecule has 82 valence electrons. The molecule has 0 saturated carbocycles.